The average molecular weight is 573 g/mol. The number of carboxylic acid groups (broad SMARTS) is 1. The summed E-state index contributed by atoms with van der Waals surface area (Å²) >= 11 is 0. The summed E-state index contributed by atoms with van der Waals surface area (Å²) in [6, 6.07) is 16.7. The molecule has 0 spiro atoms. The second kappa shape index (κ2) is 11.0. The number of aliphatic carboxylic acids is 1. The minimum Gasteiger partial charge on any atom is -0.497 e. The summed E-state index contributed by atoms with van der Waals surface area (Å²) in [6.45, 7) is 0.632. The number of methoxy groups -OCH3 is 1. The zero-order chi connectivity index (χ0) is 29.3. The molecule has 42 heavy (non-hydrogen) atoms. The van der Waals surface area contributed by atoms with Crippen molar-refractivity contribution in [2.75, 3.05) is 25.1 Å². The summed E-state index contributed by atoms with van der Waals surface area (Å²) in [6.07, 6.45) is 3.00. The van der Waals surface area contributed by atoms with Crippen molar-refractivity contribution < 1.29 is 27.9 Å². The number of anilines is 1. The Morgan fingerprint density at radius 1 is 1.05 bits per heavy atom. The molecule has 6 rings (SSSR count). The molecule has 1 aliphatic heterocycles. The third-order valence-corrected chi connectivity index (χ3v) is 7.68. The third kappa shape index (κ3) is 4.95. The fourth-order valence-corrected chi connectivity index (χ4v) is 5.33. The van der Waals surface area contributed by atoms with E-state index in [1.807, 2.05) is 0 Å². The van der Waals surface area contributed by atoms with E-state index in [1.54, 1.807) is 71.3 Å². The number of rotatable bonds is 8. The fraction of sp³-hybridized carbons (Fsp3) is 0.233. The second-order valence-electron chi connectivity index (χ2n) is 10.0. The summed E-state index contributed by atoms with van der Waals surface area (Å²) < 4.78 is 41.3. The molecule has 0 radical (unpaired) electrons. The highest BCUT2D eigenvalue weighted by Gasteiger charge is 2.43. The van der Waals surface area contributed by atoms with Crippen LogP contribution >= 0.6 is 0 Å². The van der Waals surface area contributed by atoms with Gasteiger partial charge in [0, 0.05) is 24.7 Å². The second-order valence-corrected chi connectivity index (χ2v) is 10.0. The first-order chi connectivity index (χ1) is 20.4. The number of piperidine rings is 1. The fourth-order valence-electron chi connectivity index (χ4n) is 5.33. The highest BCUT2D eigenvalue weighted by Crippen LogP contribution is 2.38. The van der Waals surface area contributed by atoms with Gasteiger partial charge >= 0.3 is 5.97 Å². The monoisotopic (exact) mass is 572 g/mol. The van der Waals surface area contributed by atoms with Crippen molar-refractivity contribution in [2.45, 2.75) is 24.8 Å². The van der Waals surface area contributed by atoms with Crippen molar-refractivity contribution in [3.63, 3.8) is 0 Å². The van der Waals surface area contributed by atoms with Crippen molar-refractivity contribution in [1.29, 1.82) is 0 Å². The number of ether oxygens (including phenoxy) is 1. The zero-order valence-electron chi connectivity index (χ0n) is 22.6. The lowest BCUT2D eigenvalue weighted by Gasteiger charge is -2.39. The van der Waals surface area contributed by atoms with Crippen LogP contribution in [0.1, 0.15) is 24.0 Å². The summed E-state index contributed by atoms with van der Waals surface area (Å²) in [7, 11) is 1.55. The lowest BCUT2D eigenvalue weighted by Crippen LogP contribution is -2.47. The van der Waals surface area contributed by atoms with E-state index in [0.717, 1.165) is 6.20 Å². The van der Waals surface area contributed by atoms with Gasteiger partial charge in [0.2, 0.25) is 0 Å². The van der Waals surface area contributed by atoms with Crippen LogP contribution in [0.3, 0.4) is 0 Å². The Morgan fingerprint density at radius 2 is 1.81 bits per heavy atom. The molecular weight excluding hydrogens is 546 g/mol. The molecule has 2 aromatic carbocycles. The predicted molar refractivity (Wildman–Crippen MR) is 148 cm³/mol. The van der Waals surface area contributed by atoms with Gasteiger partial charge in [-0.15, -0.1) is 0 Å². The Bertz CT molecular complexity index is 1710. The number of benzene rings is 2. The van der Waals surface area contributed by atoms with Gasteiger partial charge in [0.25, 0.3) is 0 Å². The van der Waals surface area contributed by atoms with Crippen LogP contribution in [0.4, 0.5) is 14.6 Å². The van der Waals surface area contributed by atoms with Crippen molar-refractivity contribution in [2.24, 2.45) is 0 Å². The van der Waals surface area contributed by atoms with Gasteiger partial charge in [-0.2, -0.15) is 5.10 Å². The number of hydrogen-bond acceptors (Lipinski definition) is 8. The SMILES string of the molecule is COc1ccc(C2(C(=O)O)CCN(c3nc(-c4cc(-c5ccon5)n(Cc5ccccc5F)n4)ncc3F)CC2)cc1. The van der Waals surface area contributed by atoms with Gasteiger partial charge in [0.1, 0.15) is 29.2 Å². The van der Waals surface area contributed by atoms with Crippen LogP contribution in [-0.2, 0) is 16.8 Å². The molecule has 1 saturated heterocycles. The maximum Gasteiger partial charge on any atom is 0.314 e. The Hall–Kier alpha value is -5.13. The van der Waals surface area contributed by atoms with E-state index in [0.29, 0.717) is 34.0 Å². The molecule has 214 valence electrons. The lowest BCUT2D eigenvalue weighted by molar-refractivity contribution is -0.144. The molecule has 0 aliphatic carbocycles. The Kier molecular flexibility index (Phi) is 7.11. The van der Waals surface area contributed by atoms with Crippen LogP contribution < -0.4 is 9.64 Å². The molecule has 12 heteroatoms. The van der Waals surface area contributed by atoms with Crippen molar-refractivity contribution in [1.82, 2.24) is 24.9 Å². The van der Waals surface area contributed by atoms with Gasteiger partial charge in [0.05, 0.1) is 31.0 Å². The van der Waals surface area contributed by atoms with Gasteiger partial charge in [0.15, 0.2) is 17.5 Å². The Balaban J connectivity index is 1.29. The van der Waals surface area contributed by atoms with Crippen LogP contribution in [0.15, 0.2) is 77.6 Å². The van der Waals surface area contributed by atoms with Crippen molar-refractivity contribution in [3.8, 4) is 28.7 Å². The highest BCUT2D eigenvalue weighted by molar-refractivity contribution is 5.82. The molecule has 0 unspecified atom stereocenters. The Labute approximate surface area is 239 Å². The van der Waals surface area contributed by atoms with E-state index in [4.69, 9.17) is 9.26 Å². The molecular formula is C30H26F2N6O4. The molecule has 10 nitrogen and oxygen atoms in total. The minimum atomic E-state index is -1.12. The smallest absolute Gasteiger partial charge is 0.314 e. The zero-order valence-corrected chi connectivity index (χ0v) is 22.6. The van der Waals surface area contributed by atoms with Gasteiger partial charge < -0.3 is 19.3 Å². The van der Waals surface area contributed by atoms with Crippen LogP contribution in [0.5, 0.6) is 5.75 Å². The molecule has 1 N–H and O–H groups in total. The minimum absolute atomic E-state index is 0.0559. The van der Waals surface area contributed by atoms with E-state index >= 15 is 4.39 Å². The summed E-state index contributed by atoms with van der Waals surface area (Å²) in [4.78, 5) is 22.9. The van der Waals surface area contributed by atoms with E-state index in [1.165, 1.54) is 12.3 Å². The summed E-state index contributed by atoms with van der Waals surface area (Å²) in [5, 5.41) is 18.8. The molecule has 0 saturated carbocycles. The first-order valence-electron chi connectivity index (χ1n) is 13.3. The molecule has 0 atom stereocenters. The summed E-state index contributed by atoms with van der Waals surface area (Å²) in [5.41, 5.74) is 1.32. The lowest BCUT2D eigenvalue weighted by atomic mass is 9.73. The normalized spacial score (nSPS) is 14.6. The molecule has 0 bridgehead atoms. The molecule has 5 aromatic rings. The van der Waals surface area contributed by atoms with Gasteiger partial charge in [-0.1, -0.05) is 35.5 Å². The summed E-state index contributed by atoms with van der Waals surface area (Å²) in [5.74, 6) is -1.09. The Morgan fingerprint density at radius 3 is 2.48 bits per heavy atom. The quantitative estimate of drug-likeness (QED) is 0.275. The van der Waals surface area contributed by atoms with Gasteiger partial charge in [-0.3, -0.25) is 9.48 Å². The number of aromatic nitrogens is 5. The highest BCUT2D eigenvalue weighted by atomic mass is 19.1. The molecule has 0 amide bonds. The maximum atomic E-state index is 15.1. The molecule has 1 aliphatic rings. The standard InChI is InChI=1S/C30H26F2N6O4/c1-41-21-8-6-20(7-9-21)30(29(39)40)11-13-37(14-12-30)28-23(32)17-33-27(34-28)25-16-26(24-10-15-42-36-24)38(35-25)18-19-4-2-3-5-22(19)31/h2-10,15-17H,11-14,18H2,1H3,(H,39,40). The number of carbonyl (C=O) groups is 1. The molecule has 3 aromatic heterocycles. The van der Waals surface area contributed by atoms with Crippen LogP contribution in [-0.4, -0.2) is 56.2 Å². The maximum absolute atomic E-state index is 15.1. The largest absolute Gasteiger partial charge is 0.497 e. The van der Waals surface area contributed by atoms with E-state index in [-0.39, 0.29) is 49.9 Å². The van der Waals surface area contributed by atoms with Gasteiger partial charge in [-0.25, -0.2) is 18.7 Å². The van der Waals surface area contributed by atoms with E-state index in [9.17, 15) is 14.3 Å². The predicted octanol–water partition coefficient (Wildman–Crippen LogP) is 4.95. The van der Waals surface area contributed by atoms with Crippen molar-refractivity contribution in [3.05, 3.63) is 95.9 Å². The van der Waals surface area contributed by atoms with E-state index < -0.39 is 17.2 Å². The van der Waals surface area contributed by atoms with Crippen molar-refractivity contribution >= 4 is 11.8 Å². The molecule has 1 fully saturated rings. The first-order valence-corrected chi connectivity index (χ1v) is 13.3. The molecule has 4 heterocycles. The average Bonchev–Trinajstić information content (AvgIpc) is 3.69. The third-order valence-electron chi connectivity index (χ3n) is 7.68. The number of halogens is 2. The topological polar surface area (TPSA) is 119 Å². The van der Waals surface area contributed by atoms with Crippen LogP contribution in [0, 0.1) is 11.6 Å². The number of hydrogen-bond donors (Lipinski definition) is 1. The first kappa shape index (κ1) is 27.1. The number of carboxylic acids is 1. The number of nitrogens with zero attached hydrogens (tertiary/aromatic N) is 6. The van der Waals surface area contributed by atoms with Gasteiger partial charge in [-0.05, 0) is 42.7 Å². The van der Waals surface area contributed by atoms with E-state index in [2.05, 4.69) is 20.2 Å². The van der Waals surface area contributed by atoms with Crippen LogP contribution in [0.2, 0.25) is 0 Å². The van der Waals surface area contributed by atoms with Crippen LogP contribution in [0.25, 0.3) is 22.9 Å².